The Bertz CT molecular complexity index is 571. The van der Waals surface area contributed by atoms with Gasteiger partial charge in [-0.1, -0.05) is 35.9 Å². The van der Waals surface area contributed by atoms with Crippen LogP contribution < -0.4 is 10.6 Å². The largest absolute Gasteiger partial charge is 0.390 e. The highest BCUT2D eigenvalue weighted by Gasteiger charge is 2.31. The van der Waals surface area contributed by atoms with Gasteiger partial charge < -0.3 is 20.5 Å². The molecule has 0 radical (unpaired) electrons. The molecule has 3 N–H and O–H groups in total. The van der Waals surface area contributed by atoms with E-state index in [1.165, 1.54) is 5.57 Å². The number of carbonyl (C=O) groups excluding carboxylic acids is 1. The van der Waals surface area contributed by atoms with Gasteiger partial charge in [0.15, 0.2) is 0 Å². The third kappa shape index (κ3) is 3.48. The number of carbonyl (C=O) groups is 1. The van der Waals surface area contributed by atoms with E-state index < -0.39 is 6.10 Å². The second-order valence-electron chi connectivity index (χ2n) is 5.79. The van der Waals surface area contributed by atoms with Gasteiger partial charge in [-0.25, -0.2) is 4.79 Å². The van der Waals surface area contributed by atoms with Crippen molar-refractivity contribution in [2.75, 3.05) is 19.8 Å². The van der Waals surface area contributed by atoms with Crippen molar-refractivity contribution in [1.29, 1.82) is 0 Å². The Balaban J connectivity index is 1.48. The van der Waals surface area contributed by atoms with Crippen LogP contribution in [0.4, 0.5) is 4.79 Å². The molecule has 1 heterocycles. The second kappa shape index (κ2) is 6.94. The summed E-state index contributed by atoms with van der Waals surface area (Å²) in [6.45, 7) is 2.04. The molecule has 1 aliphatic carbocycles. The second-order valence-corrected chi connectivity index (χ2v) is 5.79. The third-order valence-electron chi connectivity index (χ3n) is 4.28. The first kappa shape index (κ1) is 15.1. The number of hydrogen-bond acceptors (Lipinski definition) is 3. The van der Waals surface area contributed by atoms with Crippen LogP contribution in [0.25, 0.3) is 0 Å². The van der Waals surface area contributed by atoms with E-state index in [-0.39, 0.29) is 12.1 Å². The van der Waals surface area contributed by atoms with E-state index in [0.717, 1.165) is 30.6 Å². The Morgan fingerprint density at radius 2 is 2.23 bits per heavy atom. The summed E-state index contributed by atoms with van der Waals surface area (Å²) in [5.74, 6) is 0. The summed E-state index contributed by atoms with van der Waals surface area (Å²) in [6, 6.07) is 7.29. The van der Waals surface area contributed by atoms with Crippen LogP contribution in [0, 0.1) is 0 Å². The van der Waals surface area contributed by atoms with Crippen LogP contribution in [-0.2, 0) is 11.2 Å². The Morgan fingerprint density at radius 1 is 1.36 bits per heavy atom. The van der Waals surface area contributed by atoms with E-state index in [4.69, 9.17) is 4.74 Å². The molecule has 1 aliphatic heterocycles. The van der Waals surface area contributed by atoms with Crippen LogP contribution in [0.5, 0.6) is 0 Å². The molecule has 0 spiro atoms. The summed E-state index contributed by atoms with van der Waals surface area (Å²) in [4.78, 5) is 12.0. The number of benzene rings is 1. The van der Waals surface area contributed by atoms with Gasteiger partial charge in [-0.05, 0) is 24.0 Å². The summed E-state index contributed by atoms with van der Waals surface area (Å²) >= 11 is 0. The summed E-state index contributed by atoms with van der Waals surface area (Å²) < 4.78 is 5.26. The predicted octanol–water partition coefficient (Wildman–Crippen LogP) is 1.68. The first-order valence-electron chi connectivity index (χ1n) is 7.80. The van der Waals surface area contributed by atoms with Gasteiger partial charge in [-0.2, -0.15) is 0 Å². The molecule has 1 aromatic rings. The zero-order chi connectivity index (χ0) is 15.4. The molecule has 5 nitrogen and oxygen atoms in total. The van der Waals surface area contributed by atoms with Crippen LogP contribution in [0.15, 0.2) is 35.9 Å². The van der Waals surface area contributed by atoms with Crippen molar-refractivity contribution in [1.82, 2.24) is 10.6 Å². The van der Waals surface area contributed by atoms with Crippen LogP contribution >= 0.6 is 0 Å². The van der Waals surface area contributed by atoms with Gasteiger partial charge in [0, 0.05) is 13.0 Å². The van der Waals surface area contributed by atoms with Gasteiger partial charge >= 0.3 is 6.03 Å². The van der Waals surface area contributed by atoms with E-state index in [0.29, 0.717) is 19.6 Å². The summed E-state index contributed by atoms with van der Waals surface area (Å²) in [6.07, 6.45) is 3.91. The molecular formula is C17H22N2O3. The van der Waals surface area contributed by atoms with E-state index >= 15 is 0 Å². The number of amides is 2. The molecule has 2 atom stereocenters. The average molecular weight is 302 g/mol. The number of aliphatic hydroxyl groups is 1. The first-order chi connectivity index (χ1) is 10.7. The highest BCUT2D eigenvalue weighted by atomic mass is 16.5. The lowest BCUT2D eigenvalue weighted by Crippen LogP contribution is -2.41. The summed E-state index contributed by atoms with van der Waals surface area (Å²) in [5, 5.41) is 15.9. The van der Waals surface area contributed by atoms with Gasteiger partial charge in [0.05, 0.1) is 25.4 Å². The first-order valence-corrected chi connectivity index (χ1v) is 7.80. The number of urea groups is 1. The molecule has 0 saturated carbocycles. The highest BCUT2D eigenvalue weighted by molar-refractivity contribution is 5.74. The number of nitrogens with one attached hydrogen (secondary N) is 2. The van der Waals surface area contributed by atoms with Crippen LogP contribution in [0.3, 0.4) is 0 Å². The summed E-state index contributed by atoms with van der Waals surface area (Å²) in [5.41, 5.74) is 3.45. The minimum Gasteiger partial charge on any atom is -0.390 e. The van der Waals surface area contributed by atoms with Gasteiger partial charge in [0.2, 0.25) is 0 Å². The van der Waals surface area contributed by atoms with Crippen molar-refractivity contribution >= 4 is 6.03 Å². The van der Waals surface area contributed by atoms with Crippen LogP contribution in [-0.4, -0.2) is 37.0 Å². The van der Waals surface area contributed by atoms with Gasteiger partial charge in [0.25, 0.3) is 0 Å². The van der Waals surface area contributed by atoms with E-state index in [1.54, 1.807) is 0 Å². The Morgan fingerprint density at radius 3 is 3.05 bits per heavy atom. The van der Waals surface area contributed by atoms with Crippen LogP contribution in [0.1, 0.15) is 30.0 Å². The zero-order valence-electron chi connectivity index (χ0n) is 12.5. The van der Waals surface area contributed by atoms with Gasteiger partial charge in [0.1, 0.15) is 0 Å². The number of ether oxygens (including phenoxy) is 1. The van der Waals surface area contributed by atoms with Crippen molar-refractivity contribution in [3.05, 3.63) is 47.0 Å². The maximum absolute atomic E-state index is 12.0. The van der Waals surface area contributed by atoms with Crippen molar-refractivity contribution in [2.45, 2.75) is 31.4 Å². The Hall–Kier alpha value is -1.85. The average Bonchev–Trinajstić information content (AvgIpc) is 2.84. The third-order valence-corrected chi connectivity index (χ3v) is 4.28. The van der Waals surface area contributed by atoms with Gasteiger partial charge in [-0.15, -0.1) is 0 Å². The summed E-state index contributed by atoms with van der Waals surface area (Å²) in [7, 11) is 0. The van der Waals surface area contributed by atoms with E-state index in [1.807, 2.05) is 24.3 Å². The van der Waals surface area contributed by atoms with Crippen molar-refractivity contribution in [3.63, 3.8) is 0 Å². The van der Waals surface area contributed by atoms with E-state index in [9.17, 15) is 9.90 Å². The molecule has 3 rings (SSSR count). The Kier molecular flexibility index (Phi) is 4.75. The lowest BCUT2D eigenvalue weighted by molar-refractivity contribution is 0.142. The van der Waals surface area contributed by atoms with Crippen molar-refractivity contribution in [3.8, 4) is 0 Å². The zero-order valence-corrected chi connectivity index (χ0v) is 12.5. The molecule has 2 aliphatic rings. The number of fused-ring (bicyclic) bond motifs is 1. The smallest absolute Gasteiger partial charge is 0.315 e. The molecule has 0 saturated heterocycles. The maximum Gasteiger partial charge on any atom is 0.315 e. The standard InChI is InChI=1S/C17H22N2O3/c20-15-11-13-3-1-2-4-14(13)16(15)19-17(21)18-8-5-12-6-9-22-10-7-12/h1-4,6,15-16,20H,5,7-11H2,(H2,18,19,21)/t15-,16+/m0/s1. The minimum atomic E-state index is -0.554. The minimum absolute atomic E-state index is 0.228. The van der Waals surface area contributed by atoms with Gasteiger partial charge in [-0.3, -0.25) is 0 Å². The molecule has 22 heavy (non-hydrogen) atoms. The van der Waals surface area contributed by atoms with Crippen molar-refractivity contribution in [2.24, 2.45) is 0 Å². The molecule has 0 bridgehead atoms. The molecule has 0 aromatic heterocycles. The lowest BCUT2D eigenvalue weighted by Gasteiger charge is -2.19. The highest BCUT2D eigenvalue weighted by Crippen LogP contribution is 2.30. The Labute approximate surface area is 130 Å². The fourth-order valence-corrected chi connectivity index (χ4v) is 3.07. The molecule has 118 valence electrons. The van der Waals surface area contributed by atoms with Crippen molar-refractivity contribution < 1.29 is 14.6 Å². The van der Waals surface area contributed by atoms with Crippen LogP contribution in [0.2, 0.25) is 0 Å². The number of rotatable bonds is 4. The number of hydrogen-bond donors (Lipinski definition) is 3. The molecule has 2 amide bonds. The molecule has 1 aromatic carbocycles. The topological polar surface area (TPSA) is 70.6 Å². The predicted molar refractivity (Wildman–Crippen MR) is 83.6 cm³/mol. The molecule has 0 fully saturated rings. The quantitative estimate of drug-likeness (QED) is 0.741. The number of aliphatic hydroxyl groups excluding tert-OH is 1. The monoisotopic (exact) mass is 302 g/mol. The fraction of sp³-hybridized carbons (Fsp3) is 0.471. The SMILES string of the molecule is O=C(NCCC1=CCOCC1)N[C@@H]1c2ccccc2C[C@@H]1O. The molecular weight excluding hydrogens is 280 g/mol. The maximum atomic E-state index is 12.0. The lowest BCUT2D eigenvalue weighted by atomic mass is 10.1. The molecule has 0 unspecified atom stereocenters. The normalized spacial score (nSPS) is 23.6. The van der Waals surface area contributed by atoms with E-state index in [2.05, 4.69) is 16.7 Å². The molecule has 5 heteroatoms. The fourth-order valence-electron chi connectivity index (χ4n) is 3.07.